The number of nitrogens with zero attached hydrogens (tertiary/aromatic N) is 1. The molecule has 0 bridgehead atoms. The van der Waals surface area contributed by atoms with Crippen molar-refractivity contribution in [2.24, 2.45) is 5.92 Å². The summed E-state index contributed by atoms with van der Waals surface area (Å²) in [5, 5.41) is 4.66. The second kappa shape index (κ2) is 12.0. The van der Waals surface area contributed by atoms with E-state index in [9.17, 15) is 9.59 Å². The lowest BCUT2D eigenvalue weighted by Gasteiger charge is -2.31. The molecule has 0 spiro atoms. The lowest BCUT2D eigenvalue weighted by Crippen LogP contribution is -2.50. The number of hydrogen-bond acceptors (Lipinski definition) is 2. The molecule has 0 unspecified atom stereocenters. The van der Waals surface area contributed by atoms with Crippen LogP contribution in [-0.2, 0) is 22.6 Å². The number of rotatable bonds is 9. The van der Waals surface area contributed by atoms with Gasteiger partial charge >= 0.3 is 0 Å². The summed E-state index contributed by atoms with van der Waals surface area (Å²) in [5.41, 5.74) is 1.22. The summed E-state index contributed by atoms with van der Waals surface area (Å²) in [4.78, 5) is 27.9. The molecule has 8 heteroatoms. The number of amides is 2. The predicted octanol–water partition coefficient (Wildman–Crippen LogP) is 6.42. The van der Waals surface area contributed by atoms with Crippen molar-refractivity contribution in [3.05, 3.63) is 67.6 Å². The van der Waals surface area contributed by atoms with Crippen molar-refractivity contribution in [1.29, 1.82) is 0 Å². The van der Waals surface area contributed by atoms with Crippen LogP contribution in [0, 0.1) is 5.92 Å². The zero-order chi connectivity index (χ0) is 23.1. The average Bonchev–Trinajstić information content (AvgIpc) is 2.70. The van der Waals surface area contributed by atoms with Crippen LogP contribution in [0.5, 0.6) is 0 Å². The van der Waals surface area contributed by atoms with Crippen molar-refractivity contribution >= 4 is 58.2 Å². The Hall–Kier alpha value is -1.46. The van der Waals surface area contributed by atoms with E-state index in [1.54, 1.807) is 36.4 Å². The molecule has 0 aliphatic heterocycles. The van der Waals surface area contributed by atoms with Crippen molar-refractivity contribution in [1.82, 2.24) is 10.2 Å². The summed E-state index contributed by atoms with van der Waals surface area (Å²) in [6, 6.07) is 9.50. The summed E-state index contributed by atoms with van der Waals surface area (Å²) >= 11 is 24.9. The number of benzene rings is 2. The Morgan fingerprint density at radius 2 is 1.65 bits per heavy atom. The highest BCUT2D eigenvalue weighted by atomic mass is 35.5. The zero-order valence-electron chi connectivity index (χ0n) is 17.7. The zero-order valence-corrected chi connectivity index (χ0v) is 20.7. The number of carbonyl (C=O) groups excluding carboxylic acids is 2. The van der Waals surface area contributed by atoms with Crippen LogP contribution in [0.1, 0.15) is 38.3 Å². The molecule has 0 saturated heterocycles. The van der Waals surface area contributed by atoms with E-state index in [2.05, 4.69) is 5.32 Å². The number of carbonyl (C=O) groups is 2. The van der Waals surface area contributed by atoms with Crippen molar-refractivity contribution in [3.63, 3.8) is 0 Å². The molecule has 2 aromatic carbocycles. The summed E-state index contributed by atoms with van der Waals surface area (Å²) in [7, 11) is 0. The van der Waals surface area contributed by atoms with Gasteiger partial charge in [0.2, 0.25) is 11.8 Å². The Bertz CT molecular complexity index is 914. The third kappa shape index (κ3) is 7.28. The molecular formula is C23H26Cl4N2O2. The predicted molar refractivity (Wildman–Crippen MR) is 129 cm³/mol. The van der Waals surface area contributed by atoms with Crippen LogP contribution in [0.3, 0.4) is 0 Å². The highest BCUT2D eigenvalue weighted by Gasteiger charge is 2.30. The van der Waals surface area contributed by atoms with E-state index in [1.807, 2.05) is 20.8 Å². The van der Waals surface area contributed by atoms with E-state index < -0.39 is 6.04 Å². The van der Waals surface area contributed by atoms with E-state index in [0.29, 0.717) is 50.1 Å². The lowest BCUT2D eigenvalue weighted by molar-refractivity contribution is -0.141. The summed E-state index contributed by atoms with van der Waals surface area (Å²) in [6.45, 7) is 6.57. The van der Waals surface area contributed by atoms with Gasteiger partial charge in [-0.2, -0.15) is 0 Å². The van der Waals surface area contributed by atoms with E-state index in [0.717, 1.165) is 0 Å². The van der Waals surface area contributed by atoms with Gasteiger partial charge in [0.25, 0.3) is 0 Å². The second-order valence-corrected chi connectivity index (χ2v) is 9.36. The Morgan fingerprint density at radius 1 is 1.00 bits per heavy atom. The number of nitrogens with one attached hydrogen (secondary N) is 1. The van der Waals surface area contributed by atoms with E-state index >= 15 is 0 Å². The molecule has 31 heavy (non-hydrogen) atoms. The molecule has 1 N–H and O–H groups in total. The van der Waals surface area contributed by atoms with Gasteiger partial charge in [-0.25, -0.2) is 0 Å². The fourth-order valence-electron chi connectivity index (χ4n) is 3.13. The van der Waals surface area contributed by atoms with Gasteiger partial charge in [-0.3, -0.25) is 9.59 Å². The smallest absolute Gasteiger partial charge is 0.242 e. The molecule has 0 radical (unpaired) electrons. The molecule has 0 heterocycles. The van der Waals surface area contributed by atoms with Gasteiger partial charge in [-0.05, 0) is 47.7 Å². The maximum atomic E-state index is 13.4. The Kier molecular flexibility index (Phi) is 9.95. The largest absolute Gasteiger partial charge is 0.354 e. The molecule has 2 amide bonds. The van der Waals surface area contributed by atoms with E-state index in [1.165, 1.54) is 4.90 Å². The van der Waals surface area contributed by atoms with Gasteiger partial charge in [0.1, 0.15) is 6.04 Å². The normalized spacial score (nSPS) is 12.0. The minimum atomic E-state index is -0.667. The number of halogens is 4. The maximum Gasteiger partial charge on any atom is 0.242 e. The summed E-state index contributed by atoms with van der Waals surface area (Å²) < 4.78 is 0. The Balaban J connectivity index is 2.37. The van der Waals surface area contributed by atoms with Crippen LogP contribution in [0.4, 0.5) is 0 Å². The van der Waals surface area contributed by atoms with Crippen molar-refractivity contribution in [3.8, 4) is 0 Å². The quantitative estimate of drug-likeness (QED) is 0.429. The van der Waals surface area contributed by atoms with Gasteiger partial charge in [-0.1, -0.05) is 79.3 Å². The fraction of sp³-hybridized carbons (Fsp3) is 0.391. The summed E-state index contributed by atoms with van der Waals surface area (Å²) in [5.74, 6) is -0.189. The lowest BCUT2D eigenvalue weighted by atomic mass is 10.1. The molecule has 0 aromatic heterocycles. The Morgan fingerprint density at radius 3 is 2.19 bits per heavy atom. The molecule has 2 rings (SSSR count). The Labute approximate surface area is 203 Å². The van der Waals surface area contributed by atoms with E-state index in [4.69, 9.17) is 46.4 Å². The van der Waals surface area contributed by atoms with Crippen molar-refractivity contribution in [2.75, 3.05) is 6.54 Å². The van der Waals surface area contributed by atoms with Gasteiger partial charge in [0.15, 0.2) is 0 Å². The SMILES string of the molecule is CC[C@@H](C(=O)NCC(C)C)N(Cc1ccc(Cl)cc1Cl)C(=O)Cc1c(Cl)cccc1Cl. The molecule has 0 aliphatic rings. The second-order valence-electron chi connectivity index (χ2n) is 7.70. The highest BCUT2D eigenvalue weighted by Crippen LogP contribution is 2.27. The molecule has 1 atom stereocenters. The van der Waals surface area contributed by atoms with Crippen LogP contribution in [0.2, 0.25) is 20.1 Å². The topological polar surface area (TPSA) is 49.4 Å². The van der Waals surface area contributed by atoms with Crippen LogP contribution < -0.4 is 5.32 Å². The van der Waals surface area contributed by atoms with Gasteiger partial charge in [-0.15, -0.1) is 0 Å². The third-order valence-electron chi connectivity index (χ3n) is 4.82. The molecule has 168 valence electrons. The van der Waals surface area contributed by atoms with Crippen molar-refractivity contribution < 1.29 is 9.59 Å². The van der Waals surface area contributed by atoms with Crippen LogP contribution in [-0.4, -0.2) is 29.3 Å². The molecule has 4 nitrogen and oxygen atoms in total. The molecule has 0 saturated carbocycles. The first-order chi connectivity index (χ1) is 14.6. The fourth-order valence-corrected chi connectivity index (χ4v) is 4.13. The number of hydrogen-bond donors (Lipinski definition) is 1. The minimum Gasteiger partial charge on any atom is -0.354 e. The minimum absolute atomic E-state index is 0.0301. The average molecular weight is 504 g/mol. The van der Waals surface area contributed by atoms with Crippen LogP contribution in [0.25, 0.3) is 0 Å². The van der Waals surface area contributed by atoms with Crippen molar-refractivity contribution in [2.45, 2.75) is 46.2 Å². The van der Waals surface area contributed by atoms with Crippen LogP contribution >= 0.6 is 46.4 Å². The third-order valence-corrected chi connectivity index (χ3v) is 6.11. The van der Waals surface area contributed by atoms with Gasteiger partial charge in [0.05, 0.1) is 6.42 Å². The highest BCUT2D eigenvalue weighted by molar-refractivity contribution is 6.36. The molecule has 0 fully saturated rings. The van der Waals surface area contributed by atoms with E-state index in [-0.39, 0.29) is 24.8 Å². The molecule has 0 aliphatic carbocycles. The first-order valence-corrected chi connectivity index (χ1v) is 11.6. The van der Waals surface area contributed by atoms with Crippen LogP contribution in [0.15, 0.2) is 36.4 Å². The molecular weight excluding hydrogens is 478 g/mol. The monoisotopic (exact) mass is 502 g/mol. The van der Waals surface area contributed by atoms with Gasteiger partial charge < -0.3 is 10.2 Å². The molecule has 2 aromatic rings. The summed E-state index contributed by atoms with van der Waals surface area (Å²) in [6.07, 6.45) is 0.412. The first kappa shape index (κ1) is 25.8. The first-order valence-electron chi connectivity index (χ1n) is 10.1. The maximum absolute atomic E-state index is 13.4. The van der Waals surface area contributed by atoms with Gasteiger partial charge in [0, 0.05) is 33.2 Å². The standard InChI is InChI=1S/C23H26Cl4N2O2/c1-4-21(23(31)28-12-14(2)3)29(13-15-8-9-16(24)10-20(15)27)22(30)11-17-18(25)6-5-7-19(17)26/h5-10,14,21H,4,11-13H2,1-3H3,(H,28,31)/t21-/m0/s1.